The van der Waals surface area contributed by atoms with Crippen molar-refractivity contribution in [1.82, 2.24) is 10.3 Å². The maximum Gasteiger partial charge on any atom is 0.133 e. The molecule has 0 aromatic carbocycles. The Morgan fingerprint density at radius 2 is 2.06 bits per heavy atom. The van der Waals surface area contributed by atoms with Crippen molar-refractivity contribution in [1.29, 1.82) is 0 Å². The Balaban J connectivity index is 2.33. The summed E-state index contributed by atoms with van der Waals surface area (Å²) in [4.78, 5) is 5.90. The summed E-state index contributed by atoms with van der Waals surface area (Å²) in [5.41, 5.74) is 1.03. The molecule has 2 aromatic rings. The highest BCUT2D eigenvalue weighted by atomic mass is 79.9. The first-order valence-electron chi connectivity index (χ1n) is 4.92. The second-order valence-electron chi connectivity index (χ2n) is 4.04. The zero-order valence-corrected chi connectivity index (χ0v) is 12.6. The van der Waals surface area contributed by atoms with Gasteiger partial charge in [-0.25, -0.2) is 4.98 Å². The maximum absolute atomic E-state index is 4.68. The Kier molecular flexibility index (Phi) is 3.49. The minimum atomic E-state index is -0.0662. The largest absolute Gasteiger partial charge is 0.310 e. The van der Waals surface area contributed by atoms with E-state index >= 15 is 0 Å². The molecule has 5 heteroatoms. The van der Waals surface area contributed by atoms with Crippen molar-refractivity contribution in [2.45, 2.75) is 19.4 Å². The van der Waals surface area contributed by atoms with Crippen LogP contribution in [-0.4, -0.2) is 12.0 Å². The van der Waals surface area contributed by atoms with Gasteiger partial charge < -0.3 is 5.32 Å². The quantitative estimate of drug-likeness (QED) is 0.922. The number of nitrogens with zero attached hydrogens (tertiary/aromatic N) is 1. The number of halogens is 1. The molecule has 0 saturated carbocycles. The number of thiophene rings is 1. The van der Waals surface area contributed by atoms with Gasteiger partial charge in [0.1, 0.15) is 5.01 Å². The summed E-state index contributed by atoms with van der Waals surface area (Å²) in [6, 6.07) is 2.11. The van der Waals surface area contributed by atoms with Crippen molar-refractivity contribution < 1.29 is 0 Å². The molecule has 0 radical (unpaired) electrons. The molecule has 0 unspecified atom stereocenters. The van der Waals surface area contributed by atoms with Crippen molar-refractivity contribution in [3.63, 3.8) is 0 Å². The second kappa shape index (κ2) is 4.56. The molecule has 0 fully saturated rings. The Bertz CT molecular complexity index is 488. The third-order valence-electron chi connectivity index (χ3n) is 2.55. The Morgan fingerprint density at radius 1 is 1.31 bits per heavy atom. The van der Waals surface area contributed by atoms with Crippen LogP contribution in [0.3, 0.4) is 0 Å². The molecule has 0 aliphatic rings. The first-order chi connectivity index (χ1) is 7.53. The summed E-state index contributed by atoms with van der Waals surface area (Å²) < 4.78 is 1.12. The summed E-state index contributed by atoms with van der Waals surface area (Å²) in [5, 5.41) is 8.57. The zero-order valence-electron chi connectivity index (χ0n) is 9.37. The Morgan fingerprint density at radius 3 is 2.62 bits per heavy atom. The molecular weight excluding hydrogens is 304 g/mol. The van der Waals surface area contributed by atoms with E-state index < -0.39 is 0 Å². The lowest BCUT2D eigenvalue weighted by Crippen LogP contribution is -2.33. The highest BCUT2D eigenvalue weighted by molar-refractivity contribution is 9.10. The molecule has 0 amide bonds. The van der Waals surface area contributed by atoms with Gasteiger partial charge in [0.05, 0.1) is 16.1 Å². The predicted octanol–water partition coefficient (Wildman–Crippen LogP) is 4.09. The molecule has 0 bridgehead atoms. The van der Waals surface area contributed by atoms with E-state index in [1.54, 1.807) is 22.7 Å². The summed E-state index contributed by atoms with van der Waals surface area (Å²) >= 11 is 6.88. The highest BCUT2D eigenvalue weighted by Crippen LogP contribution is 2.33. The van der Waals surface area contributed by atoms with Crippen LogP contribution in [0, 0.1) is 0 Å². The molecule has 2 aromatic heterocycles. The third kappa shape index (κ3) is 2.37. The van der Waals surface area contributed by atoms with Crippen molar-refractivity contribution in [2.75, 3.05) is 7.05 Å². The fourth-order valence-electron chi connectivity index (χ4n) is 1.23. The van der Waals surface area contributed by atoms with Crippen LogP contribution in [0.5, 0.6) is 0 Å². The van der Waals surface area contributed by atoms with E-state index in [1.165, 1.54) is 4.88 Å². The highest BCUT2D eigenvalue weighted by Gasteiger charge is 2.21. The summed E-state index contributed by atoms with van der Waals surface area (Å²) in [5.74, 6) is 0. The van der Waals surface area contributed by atoms with E-state index in [9.17, 15) is 0 Å². The van der Waals surface area contributed by atoms with Crippen LogP contribution in [0.15, 0.2) is 21.3 Å². The molecule has 0 aliphatic heterocycles. The molecule has 2 nitrogen and oxygen atoms in total. The van der Waals surface area contributed by atoms with E-state index in [-0.39, 0.29) is 5.54 Å². The van der Waals surface area contributed by atoms with Gasteiger partial charge in [-0.15, -0.1) is 22.7 Å². The first kappa shape index (κ1) is 12.2. The number of rotatable bonds is 3. The fourth-order valence-corrected chi connectivity index (χ4v) is 3.72. The summed E-state index contributed by atoms with van der Waals surface area (Å²) in [6.07, 6.45) is 0. The molecular formula is C11H13BrN2S2. The topological polar surface area (TPSA) is 24.9 Å². The van der Waals surface area contributed by atoms with Crippen LogP contribution >= 0.6 is 38.6 Å². The van der Waals surface area contributed by atoms with Crippen LogP contribution in [-0.2, 0) is 5.54 Å². The Hall–Kier alpha value is -0.230. The van der Waals surface area contributed by atoms with E-state index in [0.717, 1.165) is 15.2 Å². The molecule has 0 spiro atoms. The van der Waals surface area contributed by atoms with Gasteiger partial charge in [0.25, 0.3) is 0 Å². The molecule has 86 valence electrons. The number of aromatic nitrogens is 1. The maximum atomic E-state index is 4.68. The summed E-state index contributed by atoms with van der Waals surface area (Å²) in [6.45, 7) is 4.27. The van der Waals surface area contributed by atoms with Crippen molar-refractivity contribution in [3.8, 4) is 9.88 Å². The SMILES string of the molecule is CNC(C)(C)c1csc(-c2cc(Br)cs2)n1. The van der Waals surface area contributed by atoms with E-state index in [2.05, 4.69) is 56.9 Å². The number of nitrogens with one attached hydrogen (secondary N) is 1. The van der Waals surface area contributed by atoms with Gasteiger partial charge in [-0.2, -0.15) is 0 Å². The molecule has 2 rings (SSSR count). The molecule has 0 atom stereocenters. The van der Waals surface area contributed by atoms with Gasteiger partial charge in [-0.05, 0) is 42.9 Å². The lowest BCUT2D eigenvalue weighted by molar-refractivity contribution is 0.434. The molecule has 2 heterocycles. The van der Waals surface area contributed by atoms with Crippen LogP contribution in [0.4, 0.5) is 0 Å². The lowest BCUT2D eigenvalue weighted by atomic mass is 10.0. The normalized spacial score (nSPS) is 12.0. The zero-order chi connectivity index (χ0) is 11.8. The number of thiazole rings is 1. The standard InChI is InChI=1S/C11H13BrN2S2/c1-11(2,13-3)9-6-16-10(14-9)8-4-7(12)5-15-8/h4-6,13H,1-3H3. The van der Waals surface area contributed by atoms with Gasteiger partial charge >= 0.3 is 0 Å². The van der Waals surface area contributed by atoms with Crippen LogP contribution in [0.2, 0.25) is 0 Å². The van der Waals surface area contributed by atoms with Crippen molar-refractivity contribution in [3.05, 3.63) is 27.0 Å². The van der Waals surface area contributed by atoms with Gasteiger partial charge in [-0.3, -0.25) is 0 Å². The van der Waals surface area contributed by atoms with Crippen molar-refractivity contribution >= 4 is 38.6 Å². The number of hydrogen-bond donors (Lipinski definition) is 1. The third-order valence-corrected chi connectivity index (χ3v) is 5.25. The van der Waals surface area contributed by atoms with Crippen LogP contribution in [0.1, 0.15) is 19.5 Å². The van der Waals surface area contributed by atoms with Gasteiger partial charge in [-0.1, -0.05) is 0 Å². The average Bonchev–Trinajstić information content (AvgIpc) is 2.85. The molecule has 16 heavy (non-hydrogen) atoms. The number of hydrogen-bond acceptors (Lipinski definition) is 4. The lowest BCUT2D eigenvalue weighted by Gasteiger charge is -2.21. The summed E-state index contributed by atoms with van der Waals surface area (Å²) in [7, 11) is 1.96. The smallest absolute Gasteiger partial charge is 0.133 e. The fraction of sp³-hybridized carbons (Fsp3) is 0.364. The van der Waals surface area contributed by atoms with E-state index in [0.29, 0.717) is 0 Å². The minimum Gasteiger partial charge on any atom is -0.310 e. The van der Waals surface area contributed by atoms with E-state index in [1.807, 2.05) is 7.05 Å². The minimum absolute atomic E-state index is 0.0662. The molecule has 0 aliphatic carbocycles. The van der Waals surface area contributed by atoms with Gasteiger partial charge in [0.15, 0.2) is 0 Å². The van der Waals surface area contributed by atoms with Crippen LogP contribution < -0.4 is 5.32 Å². The van der Waals surface area contributed by atoms with Gasteiger partial charge in [0.2, 0.25) is 0 Å². The van der Waals surface area contributed by atoms with Crippen LogP contribution in [0.25, 0.3) is 9.88 Å². The first-order valence-corrected chi connectivity index (χ1v) is 7.47. The Labute approximate surface area is 112 Å². The molecule has 1 N–H and O–H groups in total. The second-order valence-corrected chi connectivity index (χ2v) is 6.73. The predicted molar refractivity (Wildman–Crippen MR) is 75.2 cm³/mol. The van der Waals surface area contributed by atoms with Crippen molar-refractivity contribution in [2.24, 2.45) is 0 Å². The van der Waals surface area contributed by atoms with Gasteiger partial charge in [0, 0.05) is 15.2 Å². The monoisotopic (exact) mass is 316 g/mol. The van der Waals surface area contributed by atoms with E-state index in [4.69, 9.17) is 0 Å². The molecule has 0 saturated heterocycles. The average molecular weight is 317 g/mol.